The van der Waals surface area contributed by atoms with Gasteiger partial charge in [-0.25, -0.2) is 0 Å². The van der Waals surface area contributed by atoms with Crippen LogP contribution >= 0.6 is 0 Å². The van der Waals surface area contributed by atoms with Crippen LogP contribution in [0.4, 0.5) is 0 Å². The molecule has 4 heterocycles. The molecule has 0 atom stereocenters. The van der Waals surface area contributed by atoms with Crippen LogP contribution in [0, 0.1) is 0 Å². The van der Waals surface area contributed by atoms with Crippen molar-refractivity contribution in [1.29, 1.82) is 0 Å². The van der Waals surface area contributed by atoms with E-state index in [2.05, 4.69) is 180 Å². The average Bonchev–Trinajstić information content (AvgIpc) is 4.12. The molecule has 0 N–H and O–H groups in total. The van der Waals surface area contributed by atoms with Crippen LogP contribution in [0.2, 0.25) is 0 Å². The van der Waals surface area contributed by atoms with Gasteiger partial charge in [-0.05, 0) is 118 Å². The van der Waals surface area contributed by atoms with E-state index < -0.39 is 0 Å². The molecule has 0 saturated heterocycles. The highest BCUT2D eigenvalue weighted by Crippen LogP contribution is 2.48. The van der Waals surface area contributed by atoms with Crippen LogP contribution in [0.3, 0.4) is 0 Å². The van der Waals surface area contributed by atoms with Gasteiger partial charge in [-0.3, -0.25) is 0 Å². The molecular weight excluding hydrogens is 783 g/mol. The van der Waals surface area contributed by atoms with Gasteiger partial charge in [0.05, 0.1) is 11.0 Å². The van der Waals surface area contributed by atoms with E-state index in [0.717, 1.165) is 138 Å². The minimum absolute atomic E-state index is 0.856. The maximum atomic E-state index is 6.57. The summed E-state index contributed by atoms with van der Waals surface area (Å²) in [5.41, 5.74) is 17.4. The highest BCUT2D eigenvalue weighted by atomic mass is 16.3. The fourth-order valence-corrected chi connectivity index (χ4v) is 10.2. The Morgan fingerprint density at radius 2 is 0.641 bits per heavy atom. The van der Waals surface area contributed by atoms with E-state index in [1.54, 1.807) is 0 Å². The summed E-state index contributed by atoms with van der Waals surface area (Å²) >= 11 is 0. The van der Waals surface area contributed by atoms with Crippen molar-refractivity contribution in [3.63, 3.8) is 0 Å². The Bertz CT molecular complexity index is 3970. The van der Waals surface area contributed by atoms with E-state index in [4.69, 9.17) is 13.3 Å². The Morgan fingerprint density at radius 1 is 0.234 bits per heavy atom. The number of hydrogen-bond acceptors (Lipinski definition) is 3. The Balaban J connectivity index is 1.17. The van der Waals surface area contributed by atoms with E-state index in [-0.39, 0.29) is 0 Å². The van der Waals surface area contributed by atoms with E-state index in [1.807, 2.05) is 36.4 Å². The first kappa shape index (κ1) is 35.0. The van der Waals surface area contributed by atoms with Crippen molar-refractivity contribution in [2.24, 2.45) is 0 Å². The van der Waals surface area contributed by atoms with Crippen LogP contribution in [0.15, 0.2) is 226 Å². The van der Waals surface area contributed by atoms with Crippen LogP contribution < -0.4 is 0 Å². The predicted octanol–water partition coefficient (Wildman–Crippen LogP) is 17.1. The van der Waals surface area contributed by atoms with Gasteiger partial charge < -0.3 is 17.8 Å². The number of aromatic nitrogens is 1. The van der Waals surface area contributed by atoms with Crippen LogP contribution in [-0.4, -0.2) is 4.57 Å². The van der Waals surface area contributed by atoms with Gasteiger partial charge in [0.15, 0.2) is 0 Å². The van der Waals surface area contributed by atoms with E-state index >= 15 is 0 Å². The SMILES string of the molecule is c1ccc(-c2cc(-c3ccc4c(c3)oc3ccccc34)c3c(c2)c2cc(-c4ccccc4)cc(-c4ccc5c(c4)oc4ccccc45)c2n3-c2ccc3oc4ccccc4c3c2)cc1. The quantitative estimate of drug-likeness (QED) is 0.174. The molecule has 4 nitrogen and oxygen atoms in total. The third-order valence-electron chi connectivity index (χ3n) is 13.2. The molecule has 0 fully saturated rings. The second-order valence-corrected chi connectivity index (χ2v) is 16.8. The van der Waals surface area contributed by atoms with Gasteiger partial charge in [0.25, 0.3) is 0 Å². The summed E-state index contributed by atoms with van der Waals surface area (Å²) in [5.74, 6) is 0. The third-order valence-corrected chi connectivity index (χ3v) is 13.2. The number of hydrogen-bond donors (Lipinski definition) is 0. The molecule has 0 amide bonds. The number of benzene rings is 10. The molecule has 0 aliphatic heterocycles. The fraction of sp³-hybridized carbons (Fsp3) is 0. The molecule has 0 spiro atoms. The van der Waals surface area contributed by atoms with E-state index in [1.165, 1.54) is 0 Å². The third kappa shape index (κ3) is 5.23. The van der Waals surface area contributed by atoms with Crippen LogP contribution in [-0.2, 0) is 0 Å². The van der Waals surface area contributed by atoms with Gasteiger partial charge in [0.2, 0.25) is 0 Å². The lowest BCUT2D eigenvalue weighted by molar-refractivity contribution is 0.668. The molecule has 10 aromatic carbocycles. The Kier molecular flexibility index (Phi) is 7.36. The lowest BCUT2D eigenvalue weighted by Gasteiger charge is -2.16. The number of furan rings is 3. The van der Waals surface area contributed by atoms with Gasteiger partial charge in [-0.15, -0.1) is 0 Å². The second kappa shape index (κ2) is 13.4. The van der Waals surface area contributed by atoms with Gasteiger partial charge in [-0.2, -0.15) is 0 Å². The lowest BCUT2D eigenvalue weighted by Crippen LogP contribution is -1.98. The van der Waals surface area contributed by atoms with Crippen molar-refractivity contribution in [3.8, 4) is 50.2 Å². The van der Waals surface area contributed by atoms with Gasteiger partial charge in [-0.1, -0.05) is 127 Å². The molecule has 0 aliphatic rings. The largest absolute Gasteiger partial charge is 0.456 e. The Hall–Kier alpha value is -8.60. The number of fused-ring (bicyclic) bond motifs is 12. The molecule has 0 aliphatic carbocycles. The number of nitrogens with zero attached hydrogens (tertiary/aromatic N) is 1. The summed E-state index contributed by atoms with van der Waals surface area (Å²) in [4.78, 5) is 0. The lowest BCUT2D eigenvalue weighted by atomic mass is 9.93. The molecule has 0 saturated carbocycles. The first-order valence-electron chi connectivity index (χ1n) is 21.7. The van der Waals surface area contributed by atoms with Crippen molar-refractivity contribution >= 4 is 87.6 Å². The zero-order valence-electron chi connectivity index (χ0n) is 34.4. The Labute approximate surface area is 366 Å². The average molecular weight is 818 g/mol. The Morgan fingerprint density at radius 3 is 1.14 bits per heavy atom. The van der Waals surface area contributed by atoms with Crippen LogP contribution in [0.5, 0.6) is 0 Å². The fourth-order valence-electron chi connectivity index (χ4n) is 10.2. The molecule has 0 bridgehead atoms. The molecular formula is C60H35NO3. The molecule has 4 heteroatoms. The highest BCUT2D eigenvalue weighted by Gasteiger charge is 2.24. The second-order valence-electron chi connectivity index (χ2n) is 16.8. The zero-order valence-corrected chi connectivity index (χ0v) is 34.4. The van der Waals surface area contributed by atoms with Gasteiger partial charge in [0.1, 0.15) is 33.5 Å². The van der Waals surface area contributed by atoms with Crippen molar-refractivity contribution < 1.29 is 13.3 Å². The molecule has 0 unspecified atom stereocenters. The maximum absolute atomic E-state index is 6.57. The molecule has 64 heavy (non-hydrogen) atoms. The maximum Gasteiger partial charge on any atom is 0.136 e. The highest BCUT2D eigenvalue weighted by molar-refractivity contribution is 6.21. The zero-order chi connectivity index (χ0) is 41.9. The summed E-state index contributed by atoms with van der Waals surface area (Å²) in [7, 11) is 0. The first-order valence-corrected chi connectivity index (χ1v) is 21.7. The predicted molar refractivity (Wildman–Crippen MR) is 264 cm³/mol. The first-order chi connectivity index (χ1) is 31.7. The summed E-state index contributed by atoms with van der Waals surface area (Å²) in [5, 5.41) is 8.88. The normalized spacial score (nSPS) is 12.1. The van der Waals surface area contributed by atoms with Crippen molar-refractivity contribution in [2.45, 2.75) is 0 Å². The molecule has 298 valence electrons. The molecule has 0 radical (unpaired) electrons. The summed E-state index contributed by atoms with van der Waals surface area (Å²) in [6, 6.07) is 75.9. The molecule has 4 aromatic heterocycles. The number of rotatable bonds is 5. The van der Waals surface area contributed by atoms with Crippen LogP contribution in [0.1, 0.15) is 0 Å². The van der Waals surface area contributed by atoms with E-state index in [9.17, 15) is 0 Å². The minimum atomic E-state index is 0.856. The number of para-hydroxylation sites is 3. The van der Waals surface area contributed by atoms with Crippen LogP contribution in [0.25, 0.3) is 138 Å². The summed E-state index contributed by atoms with van der Waals surface area (Å²) in [6.07, 6.45) is 0. The van der Waals surface area contributed by atoms with Crippen molar-refractivity contribution in [1.82, 2.24) is 4.57 Å². The summed E-state index contributed by atoms with van der Waals surface area (Å²) in [6.45, 7) is 0. The standard InChI is InChI=1S/C60H35NO3/c1-3-13-36(14-4-1)40-29-48(38-23-26-46-43-17-7-10-20-53(43)63-57(46)33-38)59-51(31-40)52-32-41(37-15-5-2-6-16-37)30-49(39-24-27-47-44-18-8-11-21-54(44)64-58(47)34-39)60(52)61(59)42-25-28-56-50(35-42)45-19-9-12-22-55(45)62-56/h1-35H. The smallest absolute Gasteiger partial charge is 0.136 e. The molecule has 14 rings (SSSR count). The van der Waals surface area contributed by atoms with Gasteiger partial charge in [0, 0.05) is 59.9 Å². The van der Waals surface area contributed by atoms with E-state index in [0.29, 0.717) is 0 Å². The van der Waals surface area contributed by atoms with Crippen molar-refractivity contribution in [3.05, 3.63) is 212 Å². The van der Waals surface area contributed by atoms with Gasteiger partial charge >= 0.3 is 0 Å². The van der Waals surface area contributed by atoms with Crippen molar-refractivity contribution in [2.75, 3.05) is 0 Å². The molecule has 14 aromatic rings. The minimum Gasteiger partial charge on any atom is -0.456 e. The monoisotopic (exact) mass is 817 g/mol. The summed E-state index contributed by atoms with van der Waals surface area (Å²) < 4.78 is 22.0. The topological polar surface area (TPSA) is 44.4 Å².